The number of esters is 1. The Hall–Kier alpha value is -3.26. The Morgan fingerprint density at radius 3 is 2.60 bits per heavy atom. The molecule has 0 spiro atoms. The second kappa shape index (κ2) is 5.99. The van der Waals surface area contributed by atoms with E-state index >= 15 is 0 Å². The Morgan fingerprint density at radius 1 is 1.20 bits per heavy atom. The lowest BCUT2D eigenvalue weighted by Crippen LogP contribution is -2.23. The molecule has 0 saturated carbocycles. The molecule has 5 nitrogen and oxygen atoms in total. The van der Waals surface area contributed by atoms with Crippen molar-refractivity contribution < 1.29 is 19.1 Å². The minimum absolute atomic E-state index is 0.0959. The predicted octanol–water partition coefficient (Wildman–Crippen LogP) is 4.63. The maximum absolute atomic E-state index is 12.2. The lowest BCUT2D eigenvalue weighted by molar-refractivity contribution is 0.00668. The molecular weight excluding hydrogens is 318 g/mol. The largest absolute Gasteiger partial charge is 0.507 e. The number of hydrogen-bond acceptors (Lipinski definition) is 5. The molecular formula is C20H17NO4. The van der Waals surface area contributed by atoms with Gasteiger partial charge in [0.2, 0.25) is 0 Å². The summed E-state index contributed by atoms with van der Waals surface area (Å²) in [6.45, 7) is 5.29. The van der Waals surface area contributed by atoms with Gasteiger partial charge in [-0.1, -0.05) is 6.07 Å². The summed E-state index contributed by atoms with van der Waals surface area (Å²) in [4.78, 5) is 12.2. The van der Waals surface area contributed by atoms with Gasteiger partial charge in [0.25, 0.3) is 0 Å². The van der Waals surface area contributed by atoms with E-state index in [1.807, 2.05) is 0 Å². The van der Waals surface area contributed by atoms with Gasteiger partial charge in [0.15, 0.2) is 0 Å². The van der Waals surface area contributed by atoms with E-state index in [2.05, 4.69) is 6.07 Å². The second-order valence-electron chi connectivity index (χ2n) is 6.70. The molecule has 0 atom stereocenters. The lowest BCUT2D eigenvalue weighted by Gasteiger charge is -2.20. The summed E-state index contributed by atoms with van der Waals surface area (Å²) in [5, 5.41) is 20.3. The van der Waals surface area contributed by atoms with Gasteiger partial charge >= 0.3 is 5.97 Å². The van der Waals surface area contributed by atoms with Gasteiger partial charge in [-0.3, -0.25) is 0 Å². The molecule has 0 saturated heterocycles. The third-order valence-corrected chi connectivity index (χ3v) is 3.63. The monoisotopic (exact) mass is 335 g/mol. The van der Waals surface area contributed by atoms with Crippen LogP contribution in [0.25, 0.3) is 22.1 Å². The van der Waals surface area contributed by atoms with Crippen LogP contribution in [0.4, 0.5) is 0 Å². The Morgan fingerprint density at radius 2 is 1.96 bits per heavy atom. The van der Waals surface area contributed by atoms with Crippen molar-refractivity contribution in [2.24, 2.45) is 0 Å². The number of carbonyl (C=O) groups excluding carboxylic acids is 1. The van der Waals surface area contributed by atoms with Crippen LogP contribution in [0.2, 0.25) is 0 Å². The molecule has 0 aliphatic rings. The number of nitrogens with zero attached hydrogens (tertiary/aromatic N) is 1. The summed E-state index contributed by atoms with van der Waals surface area (Å²) < 4.78 is 10.7. The molecule has 1 aromatic heterocycles. The summed E-state index contributed by atoms with van der Waals surface area (Å²) in [7, 11) is 0. The highest BCUT2D eigenvalue weighted by Gasteiger charge is 2.21. The van der Waals surface area contributed by atoms with Gasteiger partial charge in [-0.15, -0.1) is 0 Å². The fourth-order valence-electron chi connectivity index (χ4n) is 2.58. The van der Waals surface area contributed by atoms with Crippen LogP contribution in [-0.4, -0.2) is 16.7 Å². The summed E-state index contributed by atoms with van der Waals surface area (Å²) >= 11 is 0. The summed E-state index contributed by atoms with van der Waals surface area (Å²) in [5.41, 5.74) is 1.91. The highest BCUT2D eigenvalue weighted by Crippen LogP contribution is 2.34. The zero-order valence-electron chi connectivity index (χ0n) is 14.2. The highest BCUT2D eigenvalue weighted by molar-refractivity contribution is 5.97. The van der Waals surface area contributed by atoms with Crippen LogP contribution in [0.1, 0.15) is 36.7 Å². The van der Waals surface area contributed by atoms with Crippen molar-refractivity contribution in [1.29, 1.82) is 5.26 Å². The van der Waals surface area contributed by atoms with Gasteiger partial charge in [0, 0.05) is 5.39 Å². The van der Waals surface area contributed by atoms with Crippen LogP contribution < -0.4 is 0 Å². The number of benzene rings is 2. The number of hydrogen-bond donors (Lipinski definition) is 1. The Kier molecular flexibility index (Phi) is 3.97. The van der Waals surface area contributed by atoms with Crippen LogP contribution in [0.5, 0.6) is 5.75 Å². The summed E-state index contributed by atoms with van der Waals surface area (Å²) in [6, 6.07) is 12.0. The number of nitriles is 1. The minimum Gasteiger partial charge on any atom is -0.507 e. The molecule has 0 aliphatic carbocycles. The first-order valence-corrected chi connectivity index (χ1v) is 7.76. The molecule has 0 radical (unpaired) electrons. The predicted molar refractivity (Wildman–Crippen MR) is 93.2 cm³/mol. The van der Waals surface area contributed by atoms with Gasteiger partial charge in [0.1, 0.15) is 22.5 Å². The number of aromatic hydroxyl groups is 1. The lowest BCUT2D eigenvalue weighted by atomic mass is 9.98. The molecule has 1 N–H and O–H groups in total. The van der Waals surface area contributed by atoms with E-state index in [1.165, 1.54) is 12.1 Å². The van der Waals surface area contributed by atoms with Crippen LogP contribution in [0.3, 0.4) is 0 Å². The Bertz CT molecular complexity index is 1000. The summed E-state index contributed by atoms with van der Waals surface area (Å²) in [6.07, 6.45) is 1.55. The molecule has 2 aromatic carbocycles. The van der Waals surface area contributed by atoms with E-state index in [4.69, 9.17) is 9.15 Å². The van der Waals surface area contributed by atoms with Crippen molar-refractivity contribution in [1.82, 2.24) is 0 Å². The topological polar surface area (TPSA) is 83.5 Å². The number of phenols is 1. The number of rotatable bonds is 2. The molecule has 0 aliphatic heterocycles. The van der Waals surface area contributed by atoms with Crippen LogP contribution in [-0.2, 0) is 4.74 Å². The van der Waals surface area contributed by atoms with Crippen molar-refractivity contribution in [2.45, 2.75) is 26.4 Å². The first-order valence-electron chi connectivity index (χ1n) is 7.76. The van der Waals surface area contributed by atoms with E-state index < -0.39 is 11.6 Å². The maximum atomic E-state index is 12.2. The zero-order chi connectivity index (χ0) is 18.2. The minimum atomic E-state index is -0.647. The molecule has 0 unspecified atom stereocenters. The fourth-order valence-corrected chi connectivity index (χ4v) is 2.58. The average Bonchev–Trinajstić information content (AvgIpc) is 3.00. The quantitative estimate of drug-likeness (QED) is 0.690. The molecule has 5 heteroatoms. The summed E-state index contributed by atoms with van der Waals surface area (Å²) in [5.74, 6) is -0.762. The third kappa shape index (κ3) is 3.33. The maximum Gasteiger partial charge on any atom is 0.342 e. The normalized spacial score (nSPS) is 11.3. The van der Waals surface area contributed by atoms with Gasteiger partial charge < -0.3 is 14.3 Å². The molecule has 0 amide bonds. The van der Waals surface area contributed by atoms with Crippen LogP contribution >= 0.6 is 0 Å². The van der Waals surface area contributed by atoms with Gasteiger partial charge in [-0.05, 0) is 62.2 Å². The van der Waals surface area contributed by atoms with Crippen molar-refractivity contribution in [3.8, 4) is 22.9 Å². The molecule has 3 rings (SSSR count). The van der Waals surface area contributed by atoms with Crippen molar-refractivity contribution in [3.05, 3.63) is 53.8 Å². The van der Waals surface area contributed by atoms with E-state index in [0.717, 1.165) is 10.9 Å². The molecule has 25 heavy (non-hydrogen) atoms. The molecule has 0 bridgehead atoms. The number of ether oxygens (including phenoxy) is 1. The van der Waals surface area contributed by atoms with E-state index in [1.54, 1.807) is 51.3 Å². The molecule has 126 valence electrons. The number of furan rings is 1. The van der Waals surface area contributed by atoms with Gasteiger partial charge in [-0.2, -0.15) is 5.26 Å². The van der Waals surface area contributed by atoms with Gasteiger partial charge in [-0.25, -0.2) is 4.79 Å². The van der Waals surface area contributed by atoms with Crippen molar-refractivity contribution in [2.75, 3.05) is 0 Å². The van der Waals surface area contributed by atoms with E-state index in [9.17, 15) is 15.2 Å². The molecule has 3 aromatic rings. The van der Waals surface area contributed by atoms with Crippen molar-refractivity contribution in [3.63, 3.8) is 0 Å². The van der Waals surface area contributed by atoms with Gasteiger partial charge in [0.05, 0.1) is 17.9 Å². The number of carbonyl (C=O) groups is 1. The first-order chi connectivity index (χ1) is 11.8. The number of phenolic OH excluding ortho intramolecular Hbond substituents is 1. The molecule has 0 fully saturated rings. The smallest absolute Gasteiger partial charge is 0.342 e. The second-order valence-corrected chi connectivity index (χ2v) is 6.70. The van der Waals surface area contributed by atoms with Crippen molar-refractivity contribution >= 4 is 16.9 Å². The van der Waals surface area contributed by atoms with Crippen LogP contribution in [0.15, 0.2) is 47.1 Å². The Balaban J connectivity index is 2.06. The third-order valence-electron chi connectivity index (χ3n) is 3.63. The standard InChI is InChI=1S/C20H17NO4/c1-20(2,3)25-19(23)15-5-4-13(10-17(15)22)16-8-12(11-21)9-18-14(16)6-7-24-18/h4-10,22H,1-3H3. The fraction of sp³-hybridized carbons (Fsp3) is 0.200. The zero-order valence-corrected chi connectivity index (χ0v) is 14.2. The van der Waals surface area contributed by atoms with E-state index in [0.29, 0.717) is 16.7 Å². The van der Waals surface area contributed by atoms with Crippen LogP contribution in [0, 0.1) is 11.3 Å². The highest BCUT2D eigenvalue weighted by atomic mass is 16.6. The van der Waals surface area contributed by atoms with E-state index in [-0.39, 0.29) is 11.3 Å². The Labute approximate surface area is 145 Å². The molecule has 1 heterocycles. The number of fused-ring (bicyclic) bond motifs is 1. The SMILES string of the molecule is CC(C)(C)OC(=O)c1ccc(-c2cc(C#N)cc3occc23)cc1O. The average molecular weight is 335 g/mol. The first kappa shape index (κ1) is 16.6.